The van der Waals surface area contributed by atoms with E-state index >= 15 is 0 Å². The number of pyridine rings is 1. The van der Waals surface area contributed by atoms with Crippen LogP contribution in [0.1, 0.15) is 36.1 Å². The van der Waals surface area contributed by atoms with Gasteiger partial charge in [-0.05, 0) is 62.4 Å². The normalized spacial score (nSPS) is 21.4. The molecule has 3 aromatic heterocycles. The summed E-state index contributed by atoms with van der Waals surface area (Å²) >= 11 is 3.35. The van der Waals surface area contributed by atoms with Gasteiger partial charge in [-0.3, -0.25) is 9.78 Å². The molecule has 1 amide bonds. The second-order valence-corrected chi connectivity index (χ2v) is 12.0. The largest absolute Gasteiger partial charge is 0.376 e. The molecule has 3 aliphatic heterocycles. The lowest BCUT2D eigenvalue weighted by molar-refractivity contribution is -0.116. The third-order valence-electron chi connectivity index (χ3n) is 7.44. The van der Waals surface area contributed by atoms with Gasteiger partial charge in [-0.2, -0.15) is 0 Å². The van der Waals surface area contributed by atoms with E-state index in [1.165, 1.54) is 23.3 Å². The molecular formula is C25H32N6O2S2. The highest BCUT2D eigenvalue weighted by Crippen LogP contribution is 2.45. The van der Waals surface area contributed by atoms with Crippen LogP contribution in [0.5, 0.6) is 0 Å². The van der Waals surface area contributed by atoms with Gasteiger partial charge in [-0.1, -0.05) is 0 Å². The molecule has 2 fully saturated rings. The van der Waals surface area contributed by atoms with E-state index in [0.29, 0.717) is 18.4 Å². The Bertz CT molecular complexity index is 1170. The fourth-order valence-corrected chi connectivity index (χ4v) is 7.83. The summed E-state index contributed by atoms with van der Waals surface area (Å²) in [6.45, 7) is 6.33. The molecule has 0 radical (unpaired) electrons. The predicted octanol–water partition coefficient (Wildman–Crippen LogP) is 3.14. The second kappa shape index (κ2) is 10.2. The van der Waals surface area contributed by atoms with E-state index in [1.807, 2.05) is 6.07 Å². The summed E-state index contributed by atoms with van der Waals surface area (Å²) in [5, 5.41) is 15.4. The number of thiophene rings is 1. The van der Waals surface area contributed by atoms with Crippen molar-refractivity contribution in [1.82, 2.24) is 25.9 Å². The number of nitrogens with zero attached hydrogens (tertiary/aromatic N) is 2. The van der Waals surface area contributed by atoms with Gasteiger partial charge in [-0.15, -0.1) is 22.7 Å². The summed E-state index contributed by atoms with van der Waals surface area (Å²) in [6, 6.07) is 2.00. The Hall–Kier alpha value is -1.95. The van der Waals surface area contributed by atoms with Crippen LogP contribution in [0.15, 0.2) is 18.5 Å². The van der Waals surface area contributed by atoms with E-state index in [0.717, 1.165) is 78.0 Å². The van der Waals surface area contributed by atoms with E-state index in [1.54, 1.807) is 35.1 Å². The number of fused-ring (bicyclic) bond motifs is 2. The number of anilines is 1. The molecule has 3 aromatic rings. The average molecular weight is 513 g/mol. The summed E-state index contributed by atoms with van der Waals surface area (Å²) in [6.07, 6.45) is 8.80. The third kappa shape index (κ3) is 5.00. The van der Waals surface area contributed by atoms with Crippen molar-refractivity contribution in [3.05, 3.63) is 28.9 Å². The average Bonchev–Trinajstić information content (AvgIpc) is 3.57. The van der Waals surface area contributed by atoms with Crippen LogP contribution >= 0.6 is 22.7 Å². The minimum atomic E-state index is 0.0373. The number of carbonyl (C=O) groups excluding carboxylic acids is 1. The highest BCUT2D eigenvalue weighted by molar-refractivity contribution is 7.22. The zero-order valence-electron chi connectivity index (χ0n) is 19.8. The number of hydrogen-bond donors (Lipinski definition) is 4. The molecule has 1 spiro atoms. The zero-order chi connectivity index (χ0) is 23.7. The van der Waals surface area contributed by atoms with Gasteiger partial charge < -0.3 is 26.0 Å². The molecule has 6 heterocycles. The highest BCUT2D eigenvalue weighted by atomic mass is 32.1. The molecule has 3 aliphatic rings. The molecule has 0 unspecified atom stereocenters. The van der Waals surface area contributed by atoms with Gasteiger partial charge in [-0.25, -0.2) is 4.98 Å². The van der Waals surface area contributed by atoms with Gasteiger partial charge in [0.25, 0.3) is 0 Å². The van der Waals surface area contributed by atoms with E-state index in [4.69, 9.17) is 9.72 Å². The Kier molecular flexibility index (Phi) is 6.83. The SMILES string of the molecule is O=C(CCNC[C@H]1CC2(CCNCC2)CO1)Nc1sc2c(c1-c1nc3cnccc3s1)CCNC2. The number of aromatic nitrogens is 2. The number of piperidine rings is 1. The Morgan fingerprint density at radius 2 is 2.14 bits per heavy atom. The lowest BCUT2D eigenvalue weighted by atomic mass is 9.77. The van der Waals surface area contributed by atoms with Crippen molar-refractivity contribution in [3.63, 3.8) is 0 Å². The van der Waals surface area contributed by atoms with Crippen molar-refractivity contribution >= 4 is 43.8 Å². The first-order valence-electron chi connectivity index (χ1n) is 12.6. The lowest BCUT2D eigenvalue weighted by Gasteiger charge is -2.32. The van der Waals surface area contributed by atoms with E-state index in [9.17, 15) is 4.79 Å². The Labute approximate surface area is 213 Å². The quantitative estimate of drug-likeness (QED) is 0.361. The molecule has 10 heteroatoms. The van der Waals surface area contributed by atoms with Crippen LogP contribution < -0.4 is 21.3 Å². The molecular weight excluding hydrogens is 480 g/mol. The molecule has 0 saturated carbocycles. The topological polar surface area (TPSA) is 100 Å². The van der Waals surface area contributed by atoms with Gasteiger partial charge in [0, 0.05) is 42.7 Å². The monoisotopic (exact) mass is 512 g/mol. The summed E-state index contributed by atoms with van der Waals surface area (Å²) in [4.78, 5) is 23.2. The van der Waals surface area contributed by atoms with Crippen LogP contribution in [-0.4, -0.2) is 61.3 Å². The van der Waals surface area contributed by atoms with Crippen molar-refractivity contribution in [2.45, 2.75) is 44.8 Å². The number of rotatable bonds is 7. The van der Waals surface area contributed by atoms with Crippen molar-refractivity contribution in [2.75, 3.05) is 44.6 Å². The number of carbonyl (C=O) groups is 1. The van der Waals surface area contributed by atoms with Crippen LogP contribution in [0.3, 0.4) is 0 Å². The molecule has 2 saturated heterocycles. The number of ether oxygens (including phenoxy) is 1. The predicted molar refractivity (Wildman–Crippen MR) is 141 cm³/mol. The van der Waals surface area contributed by atoms with E-state index < -0.39 is 0 Å². The maximum atomic E-state index is 12.9. The second-order valence-electron chi connectivity index (χ2n) is 9.89. The van der Waals surface area contributed by atoms with Crippen molar-refractivity contribution in [3.8, 4) is 10.6 Å². The summed E-state index contributed by atoms with van der Waals surface area (Å²) in [5.74, 6) is 0.0373. The van der Waals surface area contributed by atoms with Crippen LogP contribution in [0.4, 0.5) is 5.00 Å². The molecule has 8 nitrogen and oxygen atoms in total. The van der Waals surface area contributed by atoms with Crippen LogP contribution in [-0.2, 0) is 22.5 Å². The van der Waals surface area contributed by atoms with Crippen molar-refractivity contribution in [2.24, 2.45) is 5.41 Å². The van der Waals surface area contributed by atoms with Crippen molar-refractivity contribution < 1.29 is 9.53 Å². The van der Waals surface area contributed by atoms with Gasteiger partial charge in [0.1, 0.15) is 15.5 Å². The number of amides is 1. The molecule has 0 aromatic carbocycles. The first-order chi connectivity index (χ1) is 17.2. The molecule has 0 aliphatic carbocycles. The van der Waals surface area contributed by atoms with E-state index in [-0.39, 0.29) is 12.0 Å². The first kappa shape index (κ1) is 23.4. The zero-order valence-corrected chi connectivity index (χ0v) is 21.5. The maximum absolute atomic E-state index is 12.9. The fraction of sp³-hybridized carbons (Fsp3) is 0.560. The Morgan fingerprint density at radius 1 is 1.23 bits per heavy atom. The van der Waals surface area contributed by atoms with E-state index in [2.05, 4.69) is 26.3 Å². The Balaban J connectivity index is 1.07. The van der Waals surface area contributed by atoms with Crippen LogP contribution in [0, 0.1) is 5.41 Å². The molecule has 0 bridgehead atoms. The number of hydrogen-bond acceptors (Lipinski definition) is 9. The Morgan fingerprint density at radius 3 is 3.03 bits per heavy atom. The molecule has 4 N–H and O–H groups in total. The van der Waals surface area contributed by atoms with Gasteiger partial charge in [0.15, 0.2) is 0 Å². The number of nitrogens with one attached hydrogen (secondary N) is 4. The molecule has 35 heavy (non-hydrogen) atoms. The van der Waals surface area contributed by atoms with Crippen molar-refractivity contribution in [1.29, 1.82) is 0 Å². The summed E-state index contributed by atoms with van der Waals surface area (Å²) < 4.78 is 7.20. The first-order valence-corrected chi connectivity index (χ1v) is 14.2. The minimum absolute atomic E-state index is 0.0373. The highest BCUT2D eigenvalue weighted by Gasteiger charge is 2.40. The molecule has 186 valence electrons. The van der Waals surface area contributed by atoms with Crippen LogP contribution in [0.2, 0.25) is 0 Å². The van der Waals surface area contributed by atoms with Gasteiger partial charge >= 0.3 is 0 Å². The third-order valence-corrected chi connectivity index (χ3v) is 9.64. The minimum Gasteiger partial charge on any atom is -0.376 e. The van der Waals surface area contributed by atoms with Gasteiger partial charge in [0.2, 0.25) is 5.91 Å². The summed E-state index contributed by atoms with van der Waals surface area (Å²) in [5.41, 5.74) is 3.69. The molecule has 1 atom stereocenters. The fourth-order valence-electron chi connectivity index (χ4n) is 5.52. The van der Waals surface area contributed by atoms with Gasteiger partial charge in [0.05, 0.1) is 23.6 Å². The molecule has 6 rings (SSSR count). The van der Waals surface area contributed by atoms with Crippen LogP contribution in [0.25, 0.3) is 20.8 Å². The number of thiazole rings is 1. The lowest BCUT2D eigenvalue weighted by Crippen LogP contribution is -2.37. The summed E-state index contributed by atoms with van der Waals surface area (Å²) in [7, 11) is 0. The standard InChI is InChI=1S/C25H32N6O2S2/c32-21(3-8-27-12-16-11-25(15-33-16)4-9-26-10-5-25)31-24-22(17-1-6-29-14-20(17)35-24)23-30-18-13-28-7-2-19(18)34-23/h2,7,13,16,26-27,29H,1,3-6,8-12,14-15H2,(H,31,32)/t16-/m1/s1. The maximum Gasteiger partial charge on any atom is 0.226 e. The smallest absolute Gasteiger partial charge is 0.226 e.